The summed E-state index contributed by atoms with van der Waals surface area (Å²) in [6, 6.07) is 2.21. The molecule has 1 N–H and O–H groups in total. The second kappa shape index (κ2) is 9.09. The van der Waals surface area contributed by atoms with E-state index < -0.39 is 0 Å². The van der Waals surface area contributed by atoms with Gasteiger partial charge in [-0.05, 0) is 32.6 Å². The molecule has 4 heterocycles. The highest BCUT2D eigenvalue weighted by molar-refractivity contribution is 5.92. The fourth-order valence-electron chi connectivity index (χ4n) is 4.29. The lowest BCUT2D eigenvalue weighted by molar-refractivity contribution is -0.119. The highest BCUT2D eigenvalue weighted by Gasteiger charge is 2.27. The summed E-state index contributed by atoms with van der Waals surface area (Å²) in [5.41, 5.74) is 2.45. The topological polar surface area (TPSA) is 77.2 Å². The van der Waals surface area contributed by atoms with E-state index in [0.717, 1.165) is 63.4 Å². The largest absolute Gasteiger partial charge is 0.381 e. The Balaban J connectivity index is 1.32. The fraction of sp³-hybridized carbons (Fsp3) is 0.667. The number of likely N-dealkylation sites (tertiary alicyclic amines) is 1. The first kappa shape index (κ1) is 20.1. The van der Waals surface area contributed by atoms with Gasteiger partial charge in [0.1, 0.15) is 5.82 Å². The number of aromatic nitrogens is 4. The van der Waals surface area contributed by atoms with Crippen LogP contribution >= 0.6 is 0 Å². The average molecular weight is 401 g/mol. The lowest BCUT2D eigenvalue weighted by atomic mass is 10.0. The van der Waals surface area contributed by atoms with Crippen molar-refractivity contribution in [3.63, 3.8) is 0 Å². The average Bonchev–Trinajstić information content (AvgIpc) is 3.45. The van der Waals surface area contributed by atoms with Gasteiger partial charge >= 0.3 is 0 Å². The zero-order valence-electron chi connectivity index (χ0n) is 17.5. The van der Waals surface area contributed by atoms with Crippen molar-refractivity contribution >= 4 is 11.7 Å². The molecular formula is C21H32N6O2. The molecule has 4 rings (SSSR count). The van der Waals surface area contributed by atoms with E-state index in [0.29, 0.717) is 19.3 Å². The lowest BCUT2D eigenvalue weighted by Crippen LogP contribution is -2.35. The van der Waals surface area contributed by atoms with Gasteiger partial charge in [-0.1, -0.05) is 6.92 Å². The third kappa shape index (κ3) is 4.70. The monoisotopic (exact) mass is 400 g/mol. The maximum absolute atomic E-state index is 12.4. The Kier molecular flexibility index (Phi) is 6.30. The molecule has 8 heteroatoms. The van der Waals surface area contributed by atoms with Gasteiger partial charge in [-0.25, -0.2) is 4.68 Å². The van der Waals surface area contributed by atoms with Crippen LogP contribution in [0.15, 0.2) is 18.5 Å². The first-order valence-corrected chi connectivity index (χ1v) is 10.8. The van der Waals surface area contributed by atoms with Gasteiger partial charge in [0.2, 0.25) is 5.91 Å². The highest BCUT2D eigenvalue weighted by Crippen LogP contribution is 2.27. The summed E-state index contributed by atoms with van der Waals surface area (Å²) in [5.74, 6) is 0.801. The normalized spacial score (nSPS) is 21.0. The molecule has 1 amide bonds. The van der Waals surface area contributed by atoms with Crippen molar-refractivity contribution in [3.05, 3.63) is 29.7 Å². The summed E-state index contributed by atoms with van der Waals surface area (Å²) in [6.45, 7) is 9.44. The molecule has 0 bridgehead atoms. The van der Waals surface area contributed by atoms with Crippen molar-refractivity contribution in [1.29, 1.82) is 0 Å². The van der Waals surface area contributed by atoms with Crippen molar-refractivity contribution in [1.82, 2.24) is 24.5 Å². The highest BCUT2D eigenvalue weighted by atomic mass is 16.5. The summed E-state index contributed by atoms with van der Waals surface area (Å²) in [7, 11) is 0. The summed E-state index contributed by atoms with van der Waals surface area (Å²) in [4.78, 5) is 14.9. The van der Waals surface area contributed by atoms with Gasteiger partial charge in [0.05, 0.1) is 30.5 Å². The summed E-state index contributed by atoms with van der Waals surface area (Å²) < 4.78 is 9.39. The van der Waals surface area contributed by atoms with Gasteiger partial charge in [-0.15, -0.1) is 0 Å². The number of hydrogen-bond acceptors (Lipinski definition) is 5. The molecule has 0 saturated carbocycles. The van der Waals surface area contributed by atoms with Gasteiger partial charge < -0.3 is 10.1 Å². The molecule has 2 aliphatic rings. The third-order valence-corrected chi connectivity index (χ3v) is 6.02. The maximum Gasteiger partial charge on any atom is 0.231 e. The standard InChI is InChI=1S/C21H32N6O2/c1-3-9-26-14-18(16(2)24-26)13-25-10-5-19(6-11-25)27-20(4-8-22-27)23-21(28)17-7-12-29-15-17/h4,8,14,17,19H,3,5-7,9-13,15H2,1-2H3,(H,23,28)/t17-/m0/s1. The number of carbonyl (C=O) groups is 1. The van der Waals surface area contributed by atoms with Gasteiger partial charge in [-0.3, -0.25) is 14.4 Å². The van der Waals surface area contributed by atoms with Crippen LogP contribution in [-0.4, -0.2) is 56.7 Å². The zero-order valence-corrected chi connectivity index (χ0v) is 17.5. The molecule has 0 aromatic carbocycles. The molecule has 0 aliphatic carbocycles. The van der Waals surface area contributed by atoms with Crippen LogP contribution in [0, 0.1) is 12.8 Å². The Morgan fingerprint density at radius 1 is 1.31 bits per heavy atom. The van der Waals surface area contributed by atoms with E-state index in [1.54, 1.807) is 6.20 Å². The van der Waals surface area contributed by atoms with E-state index in [9.17, 15) is 4.79 Å². The quantitative estimate of drug-likeness (QED) is 0.773. The predicted molar refractivity (Wildman–Crippen MR) is 111 cm³/mol. The SMILES string of the molecule is CCCn1cc(CN2CCC(n3nccc3NC(=O)[C@H]3CCOC3)CC2)c(C)n1. The predicted octanol–water partition coefficient (Wildman–Crippen LogP) is 2.61. The van der Waals surface area contributed by atoms with Crippen LogP contribution in [0.25, 0.3) is 0 Å². The van der Waals surface area contributed by atoms with Gasteiger partial charge in [0.25, 0.3) is 0 Å². The van der Waals surface area contributed by atoms with E-state index >= 15 is 0 Å². The van der Waals surface area contributed by atoms with Crippen LogP contribution in [-0.2, 0) is 22.6 Å². The third-order valence-electron chi connectivity index (χ3n) is 6.02. The number of rotatable bonds is 7. The van der Waals surface area contributed by atoms with E-state index in [-0.39, 0.29) is 11.8 Å². The minimum Gasteiger partial charge on any atom is -0.381 e. The Bertz CT molecular complexity index is 815. The molecule has 2 fully saturated rings. The van der Waals surface area contributed by atoms with Crippen molar-refractivity contribution in [3.8, 4) is 0 Å². The van der Waals surface area contributed by atoms with Crippen LogP contribution < -0.4 is 5.32 Å². The Hall–Kier alpha value is -2.19. The molecule has 0 radical (unpaired) electrons. The van der Waals surface area contributed by atoms with Crippen molar-refractivity contribution in [2.24, 2.45) is 5.92 Å². The molecule has 2 aliphatic heterocycles. The first-order chi connectivity index (χ1) is 14.1. The number of carbonyl (C=O) groups excluding carboxylic acids is 1. The van der Waals surface area contributed by atoms with Crippen LogP contribution in [0.5, 0.6) is 0 Å². The minimum absolute atomic E-state index is 0.0428. The number of nitrogens with one attached hydrogen (secondary N) is 1. The van der Waals surface area contributed by atoms with Gasteiger partial charge in [0, 0.05) is 50.6 Å². The molecule has 158 valence electrons. The molecule has 1 atom stereocenters. The fourth-order valence-corrected chi connectivity index (χ4v) is 4.29. The zero-order chi connectivity index (χ0) is 20.2. The van der Waals surface area contributed by atoms with E-state index in [4.69, 9.17) is 4.74 Å². The Labute approximate surface area is 172 Å². The molecule has 2 aromatic rings. The van der Waals surface area contributed by atoms with Crippen LogP contribution in [0.3, 0.4) is 0 Å². The van der Waals surface area contributed by atoms with Crippen LogP contribution in [0.1, 0.15) is 49.9 Å². The summed E-state index contributed by atoms with van der Waals surface area (Å²) in [5, 5.41) is 12.2. The molecule has 29 heavy (non-hydrogen) atoms. The molecular weight excluding hydrogens is 368 g/mol. The molecule has 2 saturated heterocycles. The van der Waals surface area contributed by atoms with E-state index in [2.05, 4.69) is 45.1 Å². The van der Waals surface area contributed by atoms with Crippen LogP contribution in [0.4, 0.5) is 5.82 Å². The summed E-state index contributed by atoms with van der Waals surface area (Å²) in [6.07, 6.45) is 7.92. The van der Waals surface area contributed by atoms with Crippen LogP contribution in [0.2, 0.25) is 0 Å². The number of nitrogens with zero attached hydrogens (tertiary/aromatic N) is 5. The number of hydrogen-bond donors (Lipinski definition) is 1. The molecule has 8 nitrogen and oxygen atoms in total. The molecule has 0 unspecified atom stereocenters. The Morgan fingerprint density at radius 2 is 2.14 bits per heavy atom. The minimum atomic E-state index is -0.0444. The lowest BCUT2D eigenvalue weighted by Gasteiger charge is -2.32. The number of piperidine rings is 1. The number of amides is 1. The Morgan fingerprint density at radius 3 is 2.86 bits per heavy atom. The first-order valence-electron chi connectivity index (χ1n) is 10.8. The molecule has 2 aromatic heterocycles. The van der Waals surface area contributed by atoms with Crippen molar-refractivity contribution in [2.75, 3.05) is 31.6 Å². The van der Waals surface area contributed by atoms with Crippen molar-refractivity contribution in [2.45, 2.75) is 58.7 Å². The van der Waals surface area contributed by atoms with Gasteiger partial charge in [0.15, 0.2) is 0 Å². The number of anilines is 1. The maximum atomic E-state index is 12.4. The van der Waals surface area contributed by atoms with E-state index in [1.165, 1.54) is 5.56 Å². The van der Waals surface area contributed by atoms with Gasteiger partial charge in [-0.2, -0.15) is 10.2 Å². The number of ether oxygens (including phenoxy) is 1. The summed E-state index contributed by atoms with van der Waals surface area (Å²) >= 11 is 0. The van der Waals surface area contributed by atoms with Crippen molar-refractivity contribution < 1.29 is 9.53 Å². The second-order valence-corrected chi connectivity index (χ2v) is 8.22. The molecule has 0 spiro atoms. The smallest absolute Gasteiger partial charge is 0.231 e. The number of aryl methyl sites for hydroxylation is 2. The van der Waals surface area contributed by atoms with E-state index in [1.807, 2.05) is 10.7 Å². The second-order valence-electron chi connectivity index (χ2n) is 8.22.